The largest absolute Gasteiger partial charge is 0.352 e. The summed E-state index contributed by atoms with van der Waals surface area (Å²) in [6, 6.07) is 5.70. The number of nitrogens with one attached hydrogen (secondary N) is 1. The molecular formula is C16H20N4O. The molecule has 5 nitrogen and oxygen atoms in total. The van der Waals surface area contributed by atoms with E-state index in [0.29, 0.717) is 13.0 Å². The first kappa shape index (κ1) is 13.8. The van der Waals surface area contributed by atoms with Crippen molar-refractivity contribution in [3.8, 4) is 5.82 Å². The maximum absolute atomic E-state index is 11.9. The standard InChI is InChI=1S/C16H20N4O/c21-15(8-7-13-4-1-5-13)18-12-14-6-2-9-17-16(14)20-11-3-10-19-20/h2-3,6,9-11,13H,1,4-5,7-8,12H2,(H,18,21). The lowest BCUT2D eigenvalue weighted by atomic mass is 9.82. The molecule has 0 saturated heterocycles. The van der Waals surface area contributed by atoms with E-state index in [1.807, 2.05) is 24.4 Å². The van der Waals surface area contributed by atoms with Crippen molar-refractivity contribution in [1.82, 2.24) is 20.1 Å². The lowest BCUT2D eigenvalue weighted by Crippen LogP contribution is -2.25. The molecule has 1 fully saturated rings. The fourth-order valence-electron chi connectivity index (χ4n) is 2.57. The van der Waals surface area contributed by atoms with Gasteiger partial charge < -0.3 is 5.32 Å². The van der Waals surface area contributed by atoms with Crippen molar-refractivity contribution in [2.45, 2.75) is 38.6 Å². The molecule has 2 aromatic heterocycles. The first-order valence-corrected chi connectivity index (χ1v) is 7.53. The fraction of sp³-hybridized carbons (Fsp3) is 0.438. The van der Waals surface area contributed by atoms with Gasteiger partial charge in [-0.25, -0.2) is 9.67 Å². The van der Waals surface area contributed by atoms with Crippen LogP contribution in [0, 0.1) is 5.92 Å². The van der Waals surface area contributed by atoms with E-state index < -0.39 is 0 Å². The van der Waals surface area contributed by atoms with Crippen molar-refractivity contribution in [2.24, 2.45) is 5.92 Å². The summed E-state index contributed by atoms with van der Waals surface area (Å²) in [5.41, 5.74) is 0.971. The van der Waals surface area contributed by atoms with Gasteiger partial charge in [0.15, 0.2) is 5.82 Å². The topological polar surface area (TPSA) is 59.8 Å². The highest BCUT2D eigenvalue weighted by molar-refractivity contribution is 5.75. The average molecular weight is 284 g/mol. The normalized spacial score (nSPS) is 14.7. The summed E-state index contributed by atoms with van der Waals surface area (Å²) in [5, 5.41) is 7.18. The second-order valence-corrected chi connectivity index (χ2v) is 5.55. The van der Waals surface area contributed by atoms with Crippen LogP contribution in [-0.2, 0) is 11.3 Å². The first-order chi connectivity index (χ1) is 10.3. The third kappa shape index (κ3) is 3.48. The molecule has 0 atom stereocenters. The van der Waals surface area contributed by atoms with Crippen molar-refractivity contribution in [1.29, 1.82) is 0 Å². The predicted molar refractivity (Wildman–Crippen MR) is 79.8 cm³/mol. The number of carbonyl (C=O) groups excluding carboxylic acids is 1. The van der Waals surface area contributed by atoms with Crippen LogP contribution in [0.1, 0.15) is 37.7 Å². The molecule has 2 aromatic rings. The summed E-state index contributed by atoms with van der Waals surface area (Å²) < 4.78 is 1.72. The molecule has 0 spiro atoms. The van der Waals surface area contributed by atoms with Crippen molar-refractivity contribution in [3.63, 3.8) is 0 Å². The van der Waals surface area contributed by atoms with Gasteiger partial charge in [0.25, 0.3) is 0 Å². The third-order valence-corrected chi connectivity index (χ3v) is 4.07. The van der Waals surface area contributed by atoms with E-state index in [4.69, 9.17) is 0 Å². The number of nitrogens with zero attached hydrogens (tertiary/aromatic N) is 3. The minimum absolute atomic E-state index is 0.122. The SMILES string of the molecule is O=C(CCC1CCC1)NCc1cccnc1-n1cccn1. The first-order valence-electron chi connectivity index (χ1n) is 7.53. The van der Waals surface area contributed by atoms with E-state index in [-0.39, 0.29) is 5.91 Å². The Balaban J connectivity index is 1.56. The van der Waals surface area contributed by atoms with Crippen LogP contribution in [0.3, 0.4) is 0 Å². The fourth-order valence-corrected chi connectivity index (χ4v) is 2.57. The van der Waals surface area contributed by atoms with Gasteiger partial charge >= 0.3 is 0 Å². The summed E-state index contributed by atoms with van der Waals surface area (Å²) in [5.74, 6) is 1.66. The van der Waals surface area contributed by atoms with Crippen LogP contribution in [0.25, 0.3) is 5.82 Å². The average Bonchev–Trinajstić information content (AvgIpc) is 2.98. The maximum atomic E-state index is 11.9. The summed E-state index contributed by atoms with van der Waals surface area (Å²) in [6.07, 6.45) is 10.9. The van der Waals surface area contributed by atoms with Gasteiger partial charge in [-0.15, -0.1) is 0 Å². The van der Waals surface area contributed by atoms with Crippen molar-refractivity contribution >= 4 is 5.91 Å². The molecule has 1 aliphatic carbocycles. The zero-order valence-corrected chi connectivity index (χ0v) is 12.0. The highest BCUT2D eigenvalue weighted by atomic mass is 16.1. The molecule has 5 heteroatoms. The van der Waals surface area contributed by atoms with Crippen LogP contribution in [-0.4, -0.2) is 20.7 Å². The number of aromatic nitrogens is 3. The molecule has 2 heterocycles. The van der Waals surface area contributed by atoms with Crippen LogP contribution in [0.15, 0.2) is 36.8 Å². The van der Waals surface area contributed by atoms with Gasteiger partial charge in [0.1, 0.15) is 0 Å². The second-order valence-electron chi connectivity index (χ2n) is 5.55. The highest BCUT2D eigenvalue weighted by Gasteiger charge is 2.18. The highest BCUT2D eigenvalue weighted by Crippen LogP contribution is 2.30. The van der Waals surface area contributed by atoms with E-state index in [2.05, 4.69) is 15.4 Å². The van der Waals surface area contributed by atoms with Crippen LogP contribution >= 0.6 is 0 Å². The Kier molecular flexibility index (Phi) is 4.28. The summed E-state index contributed by atoms with van der Waals surface area (Å²) >= 11 is 0. The summed E-state index contributed by atoms with van der Waals surface area (Å²) in [6.45, 7) is 0.493. The quantitative estimate of drug-likeness (QED) is 0.886. The Bertz CT molecular complexity index is 590. The van der Waals surface area contributed by atoms with Crippen LogP contribution in [0.4, 0.5) is 0 Å². The monoisotopic (exact) mass is 284 g/mol. The maximum Gasteiger partial charge on any atom is 0.220 e. The molecule has 0 radical (unpaired) electrons. The zero-order valence-electron chi connectivity index (χ0n) is 12.0. The smallest absolute Gasteiger partial charge is 0.220 e. The molecular weight excluding hydrogens is 264 g/mol. The molecule has 3 rings (SSSR count). The minimum Gasteiger partial charge on any atom is -0.352 e. The molecule has 21 heavy (non-hydrogen) atoms. The van der Waals surface area contributed by atoms with Crippen molar-refractivity contribution in [2.75, 3.05) is 0 Å². The van der Waals surface area contributed by atoms with Gasteiger partial charge in [-0.1, -0.05) is 25.3 Å². The van der Waals surface area contributed by atoms with Crippen LogP contribution in [0.5, 0.6) is 0 Å². The van der Waals surface area contributed by atoms with E-state index >= 15 is 0 Å². The van der Waals surface area contributed by atoms with E-state index in [1.54, 1.807) is 17.1 Å². The minimum atomic E-state index is 0.122. The molecule has 0 bridgehead atoms. The molecule has 1 amide bonds. The summed E-state index contributed by atoms with van der Waals surface area (Å²) in [7, 11) is 0. The van der Waals surface area contributed by atoms with Crippen LogP contribution < -0.4 is 5.32 Å². The van der Waals surface area contributed by atoms with Gasteiger partial charge in [-0.3, -0.25) is 4.79 Å². The Morgan fingerprint density at radius 3 is 2.95 bits per heavy atom. The number of rotatable bonds is 6. The molecule has 0 aromatic carbocycles. The summed E-state index contributed by atoms with van der Waals surface area (Å²) in [4.78, 5) is 16.2. The van der Waals surface area contributed by atoms with Gasteiger partial charge in [-0.05, 0) is 24.5 Å². The Hall–Kier alpha value is -2.17. The Morgan fingerprint density at radius 1 is 1.33 bits per heavy atom. The molecule has 1 N–H and O–H groups in total. The molecule has 0 aliphatic heterocycles. The number of amides is 1. The number of pyridine rings is 1. The van der Waals surface area contributed by atoms with Crippen molar-refractivity contribution in [3.05, 3.63) is 42.4 Å². The second kappa shape index (κ2) is 6.52. The molecule has 0 unspecified atom stereocenters. The lowest BCUT2D eigenvalue weighted by Gasteiger charge is -2.24. The Labute approximate surface area is 124 Å². The number of hydrogen-bond acceptors (Lipinski definition) is 3. The van der Waals surface area contributed by atoms with E-state index in [1.165, 1.54) is 19.3 Å². The van der Waals surface area contributed by atoms with Gasteiger partial charge in [0.05, 0.1) is 0 Å². The van der Waals surface area contributed by atoms with Crippen molar-refractivity contribution < 1.29 is 4.79 Å². The molecule has 1 saturated carbocycles. The van der Waals surface area contributed by atoms with Gasteiger partial charge in [-0.2, -0.15) is 5.10 Å². The third-order valence-electron chi connectivity index (χ3n) is 4.07. The lowest BCUT2D eigenvalue weighted by molar-refractivity contribution is -0.121. The van der Waals surface area contributed by atoms with E-state index in [0.717, 1.165) is 23.7 Å². The Morgan fingerprint density at radius 2 is 2.24 bits per heavy atom. The molecule has 1 aliphatic rings. The van der Waals surface area contributed by atoms with Gasteiger partial charge in [0.2, 0.25) is 5.91 Å². The molecule has 110 valence electrons. The van der Waals surface area contributed by atoms with Crippen LogP contribution in [0.2, 0.25) is 0 Å². The predicted octanol–water partition coefficient (Wildman–Crippen LogP) is 2.46. The zero-order chi connectivity index (χ0) is 14.5. The number of hydrogen-bond donors (Lipinski definition) is 1. The van der Waals surface area contributed by atoms with Gasteiger partial charge in [0, 0.05) is 37.1 Å². The number of carbonyl (C=O) groups is 1. The van der Waals surface area contributed by atoms with E-state index in [9.17, 15) is 4.79 Å².